The summed E-state index contributed by atoms with van der Waals surface area (Å²) in [6, 6.07) is -0.480. The van der Waals surface area contributed by atoms with E-state index in [0.717, 1.165) is 17.2 Å². The van der Waals surface area contributed by atoms with Gasteiger partial charge in [0, 0.05) is 19.2 Å². The van der Waals surface area contributed by atoms with Crippen LogP contribution in [0.25, 0.3) is 0 Å². The van der Waals surface area contributed by atoms with E-state index in [1.165, 1.54) is 0 Å². The molecule has 7 nitrogen and oxygen atoms in total. The molecule has 0 aromatic carbocycles. The van der Waals surface area contributed by atoms with Crippen molar-refractivity contribution in [1.82, 2.24) is 9.97 Å². The molecule has 104 valence electrons. The highest BCUT2D eigenvalue weighted by molar-refractivity contribution is 5.84. The summed E-state index contributed by atoms with van der Waals surface area (Å²) < 4.78 is 5.32. The number of ether oxygens (including phenoxy) is 1. The largest absolute Gasteiger partial charge is 0.377 e. The third kappa shape index (κ3) is 2.60. The average molecular weight is 265 g/mol. The average Bonchev–Trinajstić information content (AvgIpc) is 2.41. The zero-order chi connectivity index (χ0) is 14.0. The van der Waals surface area contributed by atoms with Crippen LogP contribution in [0.4, 0.5) is 11.6 Å². The first kappa shape index (κ1) is 13.5. The predicted molar refractivity (Wildman–Crippen MR) is 72.2 cm³/mol. The molecule has 1 amide bonds. The third-order valence-electron chi connectivity index (χ3n) is 3.20. The van der Waals surface area contributed by atoms with E-state index in [9.17, 15) is 4.79 Å². The molecule has 2 rings (SSSR count). The van der Waals surface area contributed by atoms with Crippen LogP contribution in [0, 0.1) is 13.8 Å². The fourth-order valence-corrected chi connectivity index (χ4v) is 2.23. The Morgan fingerprint density at radius 1 is 1.47 bits per heavy atom. The molecule has 1 atom stereocenters. The number of amides is 1. The summed E-state index contributed by atoms with van der Waals surface area (Å²) >= 11 is 0. The molecule has 0 radical (unpaired) electrons. The van der Waals surface area contributed by atoms with Gasteiger partial charge in [0.25, 0.3) is 0 Å². The smallest absolute Gasteiger partial charge is 0.242 e. The maximum atomic E-state index is 11.5. The second kappa shape index (κ2) is 5.40. The van der Waals surface area contributed by atoms with Crippen LogP contribution in [0.15, 0.2) is 0 Å². The molecule has 0 saturated carbocycles. The van der Waals surface area contributed by atoms with Gasteiger partial charge in [-0.25, -0.2) is 9.97 Å². The first-order valence-electron chi connectivity index (χ1n) is 6.21. The summed E-state index contributed by atoms with van der Waals surface area (Å²) in [6.45, 7) is 5.19. The van der Waals surface area contributed by atoms with Crippen LogP contribution < -0.4 is 16.0 Å². The molecule has 0 bridgehead atoms. The van der Waals surface area contributed by atoms with Gasteiger partial charge >= 0.3 is 0 Å². The number of hydrogen-bond donors (Lipinski definition) is 2. The van der Waals surface area contributed by atoms with E-state index in [0.29, 0.717) is 25.6 Å². The van der Waals surface area contributed by atoms with Crippen LogP contribution in [0.2, 0.25) is 0 Å². The number of aromatic nitrogens is 2. The monoisotopic (exact) mass is 265 g/mol. The summed E-state index contributed by atoms with van der Waals surface area (Å²) in [6.07, 6.45) is 0. The highest BCUT2D eigenvalue weighted by Crippen LogP contribution is 2.26. The fourth-order valence-electron chi connectivity index (χ4n) is 2.23. The molecule has 0 spiro atoms. The Morgan fingerprint density at radius 3 is 2.84 bits per heavy atom. The Kier molecular flexibility index (Phi) is 3.84. The van der Waals surface area contributed by atoms with Crippen molar-refractivity contribution in [2.24, 2.45) is 5.73 Å². The van der Waals surface area contributed by atoms with Crippen molar-refractivity contribution in [3.63, 3.8) is 0 Å². The van der Waals surface area contributed by atoms with E-state index >= 15 is 0 Å². The maximum absolute atomic E-state index is 11.5. The van der Waals surface area contributed by atoms with E-state index in [-0.39, 0.29) is 0 Å². The topological polar surface area (TPSA) is 93.4 Å². The zero-order valence-electron chi connectivity index (χ0n) is 11.4. The van der Waals surface area contributed by atoms with Gasteiger partial charge in [0.05, 0.1) is 13.2 Å². The van der Waals surface area contributed by atoms with Crippen LogP contribution in [0.5, 0.6) is 0 Å². The molecule has 1 saturated heterocycles. The molecule has 19 heavy (non-hydrogen) atoms. The van der Waals surface area contributed by atoms with Gasteiger partial charge in [-0.3, -0.25) is 4.79 Å². The highest BCUT2D eigenvalue weighted by atomic mass is 16.5. The first-order valence-corrected chi connectivity index (χ1v) is 6.21. The van der Waals surface area contributed by atoms with E-state index in [1.807, 2.05) is 25.8 Å². The fraction of sp³-hybridized carbons (Fsp3) is 0.583. The Balaban J connectivity index is 2.44. The number of carbonyl (C=O) groups excluding carboxylic acids is 1. The van der Waals surface area contributed by atoms with Crippen molar-refractivity contribution in [3.05, 3.63) is 11.4 Å². The molecular weight excluding hydrogens is 246 g/mol. The summed E-state index contributed by atoms with van der Waals surface area (Å²) in [5.41, 5.74) is 6.34. The number of anilines is 2. The molecule has 1 aromatic rings. The van der Waals surface area contributed by atoms with Gasteiger partial charge in [-0.1, -0.05) is 0 Å². The number of hydrogen-bond acceptors (Lipinski definition) is 6. The summed E-state index contributed by atoms with van der Waals surface area (Å²) in [4.78, 5) is 22.2. The minimum absolute atomic E-state index is 0.298. The molecule has 3 N–H and O–H groups in total. The van der Waals surface area contributed by atoms with Crippen LogP contribution in [-0.4, -0.2) is 48.7 Å². The molecule has 1 unspecified atom stereocenters. The van der Waals surface area contributed by atoms with Crippen molar-refractivity contribution < 1.29 is 9.53 Å². The number of nitrogens with two attached hydrogens (primary N) is 1. The van der Waals surface area contributed by atoms with Gasteiger partial charge in [-0.15, -0.1) is 0 Å². The van der Waals surface area contributed by atoms with Crippen molar-refractivity contribution in [2.45, 2.75) is 19.9 Å². The van der Waals surface area contributed by atoms with Gasteiger partial charge in [0.2, 0.25) is 5.91 Å². The summed E-state index contributed by atoms with van der Waals surface area (Å²) in [5.74, 6) is 1.75. The standard InChI is InChI=1S/C12H19N5O2/c1-7-11(14-3)15-8(2)16-12(7)17-4-5-19-6-9(17)10(13)18/h9H,4-6H2,1-3H3,(H2,13,18)(H,14,15,16). The van der Waals surface area contributed by atoms with Gasteiger partial charge in [0.1, 0.15) is 23.5 Å². The first-order chi connectivity index (χ1) is 9.04. The number of primary amides is 1. The van der Waals surface area contributed by atoms with Crippen molar-refractivity contribution in [2.75, 3.05) is 37.0 Å². The number of rotatable bonds is 3. The lowest BCUT2D eigenvalue weighted by atomic mass is 10.2. The SMILES string of the molecule is CNc1nc(C)nc(N2CCOCC2C(N)=O)c1C. The van der Waals surface area contributed by atoms with E-state index in [2.05, 4.69) is 15.3 Å². The number of morpholine rings is 1. The van der Waals surface area contributed by atoms with E-state index in [4.69, 9.17) is 10.5 Å². The van der Waals surface area contributed by atoms with Gasteiger partial charge in [0.15, 0.2) is 0 Å². The highest BCUT2D eigenvalue weighted by Gasteiger charge is 2.30. The van der Waals surface area contributed by atoms with Crippen LogP contribution in [0.3, 0.4) is 0 Å². The molecule has 1 aliphatic heterocycles. The second-order valence-electron chi connectivity index (χ2n) is 4.50. The molecule has 7 heteroatoms. The van der Waals surface area contributed by atoms with Crippen molar-refractivity contribution in [1.29, 1.82) is 0 Å². The lowest BCUT2D eigenvalue weighted by Crippen LogP contribution is -2.53. The maximum Gasteiger partial charge on any atom is 0.242 e. The molecule has 1 aliphatic rings. The predicted octanol–water partition coefficient (Wildman–Crippen LogP) is -0.174. The molecule has 1 fully saturated rings. The second-order valence-corrected chi connectivity index (χ2v) is 4.50. The van der Waals surface area contributed by atoms with E-state index < -0.39 is 11.9 Å². The normalized spacial score (nSPS) is 19.3. The molecule has 1 aromatic heterocycles. The molecule has 2 heterocycles. The van der Waals surface area contributed by atoms with Gasteiger partial charge in [-0.05, 0) is 13.8 Å². The van der Waals surface area contributed by atoms with Crippen LogP contribution in [0.1, 0.15) is 11.4 Å². The van der Waals surface area contributed by atoms with Gasteiger partial charge < -0.3 is 20.7 Å². The zero-order valence-corrected chi connectivity index (χ0v) is 11.4. The summed E-state index contributed by atoms with van der Waals surface area (Å²) in [7, 11) is 1.81. The molecule has 0 aliphatic carbocycles. The number of nitrogens with zero attached hydrogens (tertiary/aromatic N) is 3. The number of aryl methyl sites for hydroxylation is 1. The third-order valence-corrected chi connectivity index (χ3v) is 3.20. The molecular formula is C12H19N5O2. The van der Waals surface area contributed by atoms with E-state index in [1.54, 1.807) is 0 Å². The Morgan fingerprint density at radius 2 is 2.21 bits per heavy atom. The minimum atomic E-state index is -0.480. The lowest BCUT2D eigenvalue weighted by Gasteiger charge is -2.35. The lowest BCUT2D eigenvalue weighted by molar-refractivity contribution is -0.121. The minimum Gasteiger partial charge on any atom is -0.377 e. The van der Waals surface area contributed by atoms with Crippen LogP contribution >= 0.6 is 0 Å². The van der Waals surface area contributed by atoms with Gasteiger partial charge in [-0.2, -0.15) is 0 Å². The Labute approximate surface area is 112 Å². The number of carbonyl (C=O) groups is 1. The Hall–Kier alpha value is -1.89. The summed E-state index contributed by atoms with van der Waals surface area (Å²) in [5, 5.41) is 3.03. The van der Waals surface area contributed by atoms with Crippen LogP contribution in [-0.2, 0) is 9.53 Å². The Bertz CT molecular complexity index is 491. The number of nitrogens with one attached hydrogen (secondary N) is 1. The van der Waals surface area contributed by atoms with Crippen molar-refractivity contribution in [3.8, 4) is 0 Å². The quantitative estimate of drug-likeness (QED) is 0.788. The van der Waals surface area contributed by atoms with Crippen molar-refractivity contribution >= 4 is 17.5 Å².